The molecule has 170 valence electrons. The van der Waals surface area contributed by atoms with Gasteiger partial charge in [0, 0.05) is 57.4 Å². The Morgan fingerprint density at radius 2 is 1.84 bits per heavy atom. The van der Waals surface area contributed by atoms with Gasteiger partial charge in [0.25, 0.3) is 0 Å². The Kier molecular flexibility index (Phi) is 6.82. The standard InChI is InChI=1S/C24H35N3O4/c1-17-13-25(14-18(2)31-17)15-19-7-9-26(10-8-19)24(29)20-11-23(28)27(16-20)21-5-4-6-22(12-21)30-3/h4-6,12,17-20H,7-11,13-16H2,1-3H3. The Labute approximate surface area is 185 Å². The third-order valence-electron chi connectivity index (χ3n) is 6.78. The molecule has 0 radical (unpaired) electrons. The Hall–Kier alpha value is -2.12. The van der Waals surface area contributed by atoms with E-state index in [1.807, 2.05) is 29.2 Å². The third-order valence-corrected chi connectivity index (χ3v) is 6.78. The van der Waals surface area contributed by atoms with Crippen LogP contribution in [0.25, 0.3) is 0 Å². The first-order chi connectivity index (χ1) is 14.9. The molecule has 31 heavy (non-hydrogen) atoms. The molecule has 2 amide bonds. The number of ether oxygens (including phenoxy) is 2. The van der Waals surface area contributed by atoms with Crippen molar-refractivity contribution in [3.8, 4) is 5.75 Å². The first kappa shape index (κ1) is 22.1. The third kappa shape index (κ3) is 5.21. The van der Waals surface area contributed by atoms with Gasteiger partial charge in [-0.2, -0.15) is 0 Å². The first-order valence-electron chi connectivity index (χ1n) is 11.5. The number of methoxy groups -OCH3 is 1. The van der Waals surface area contributed by atoms with Crippen molar-refractivity contribution < 1.29 is 19.1 Å². The van der Waals surface area contributed by atoms with Gasteiger partial charge >= 0.3 is 0 Å². The summed E-state index contributed by atoms with van der Waals surface area (Å²) in [5.74, 6) is 1.23. The van der Waals surface area contributed by atoms with E-state index in [4.69, 9.17) is 9.47 Å². The molecule has 3 aliphatic heterocycles. The lowest BCUT2D eigenvalue weighted by molar-refractivity contribution is -0.137. The van der Waals surface area contributed by atoms with E-state index in [0.29, 0.717) is 24.6 Å². The minimum absolute atomic E-state index is 0.0112. The van der Waals surface area contributed by atoms with E-state index in [1.165, 1.54) is 0 Å². The Bertz CT molecular complexity index is 783. The van der Waals surface area contributed by atoms with Gasteiger partial charge in [-0.05, 0) is 44.7 Å². The summed E-state index contributed by atoms with van der Waals surface area (Å²) >= 11 is 0. The highest BCUT2D eigenvalue weighted by Crippen LogP contribution is 2.30. The van der Waals surface area contributed by atoms with Gasteiger partial charge in [-0.1, -0.05) is 6.07 Å². The predicted octanol–water partition coefficient (Wildman–Crippen LogP) is 2.40. The van der Waals surface area contributed by atoms with Crippen LogP contribution in [-0.4, -0.2) is 80.2 Å². The van der Waals surface area contributed by atoms with Crippen molar-refractivity contribution in [2.24, 2.45) is 11.8 Å². The second-order valence-corrected chi connectivity index (χ2v) is 9.35. The summed E-state index contributed by atoms with van der Waals surface area (Å²) in [6, 6.07) is 7.47. The summed E-state index contributed by atoms with van der Waals surface area (Å²) in [5, 5.41) is 0. The average Bonchev–Trinajstić information content (AvgIpc) is 3.15. The van der Waals surface area contributed by atoms with Crippen LogP contribution in [0.15, 0.2) is 24.3 Å². The Balaban J connectivity index is 1.28. The summed E-state index contributed by atoms with van der Waals surface area (Å²) in [4.78, 5) is 31.9. The monoisotopic (exact) mass is 429 g/mol. The van der Waals surface area contributed by atoms with Crippen molar-refractivity contribution in [2.75, 3.05) is 51.3 Å². The number of piperidine rings is 1. The zero-order chi connectivity index (χ0) is 22.0. The molecule has 3 unspecified atom stereocenters. The Morgan fingerprint density at radius 3 is 2.52 bits per heavy atom. The molecule has 7 heteroatoms. The molecule has 7 nitrogen and oxygen atoms in total. The van der Waals surface area contributed by atoms with Gasteiger partial charge in [0.1, 0.15) is 5.75 Å². The molecule has 0 bridgehead atoms. The van der Waals surface area contributed by atoms with Crippen molar-refractivity contribution in [3.05, 3.63) is 24.3 Å². The summed E-state index contributed by atoms with van der Waals surface area (Å²) in [5.41, 5.74) is 0.798. The highest BCUT2D eigenvalue weighted by Gasteiger charge is 2.38. The van der Waals surface area contributed by atoms with Crippen LogP contribution in [0.5, 0.6) is 5.75 Å². The van der Waals surface area contributed by atoms with Gasteiger partial charge in [0.2, 0.25) is 11.8 Å². The lowest BCUT2D eigenvalue weighted by Crippen LogP contribution is -2.49. The number of rotatable bonds is 5. The van der Waals surface area contributed by atoms with Crippen molar-refractivity contribution >= 4 is 17.5 Å². The van der Waals surface area contributed by atoms with Crippen molar-refractivity contribution in [1.29, 1.82) is 0 Å². The number of hydrogen-bond donors (Lipinski definition) is 0. The van der Waals surface area contributed by atoms with E-state index in [0.717, 1.165) is 51.3 Å². The molecule has 0 aliphatic carbocycles. The van der Waals surface area contributed by atoms with Crippen molar-refractivity contribution in [3.63, 3.8) is 0 Å². The molecule has 3 saturated heterocycles. The van der Waals surface area contributed by atoms with Crippen LogP contribution in [0.4, 0.5) is 5.69 Å². The van der Waals surface area contributed by atoms with E-state index in [2.05, 4.69) is 18.7 Å². The topological polar surface area (TPSA) is 62.3 Å². The van der Waals surface area contributed by atoms with Gasteiger partial charge in [0.05, 0.1) is 25.2 Å². The van der Waals surface area contributed by atoms with Crippen LogP contribution < -0.4 is 9.64 Å². The average molecular weight is 430 g/mol. The molecule has 1 aromatic rings. The number of carbonyl (C=O) groups is 2. The molecule has 0 saturated carbocycles. The van der Waals surface area contributed by atoms with E-state index in [9.17, 15) is 9.59 Å². The summed E-state index contributed by atoms with van der Waals surface area (Å²) < 4.78 is 11.1. The van der Waals surface area contributed by atoms with Gasteiger partial charge in [0.15, 0.2) is 0 Å². The molecule has 0 aromatic heterocycles. The van der Waals surface area contributed by atoms with Gasteiger partial charge in [-0.3, -0.25) is 14.5 Å². The normalized spacial score (nSPS) is 28.2. The van der Waals surface area contributed by atoms with Crippen LogP contribution in [0, 0.1) is 11.8 Å². The largest absolute Gasteiger partial charge is 0.497 e. The fourth-order valence-corrected chi connectivity index (χ4v) is 5.29. The fraction of sp³-hybridized carbons (Fsp3) is 0.667. The van der Waals surface area contributed by atoms with Gasteiger partial charge < -0.3 is 19.3 Å². The number of morpholine rings is 1. The summed E-state index contributed by atoms with van der Waals surface area (Å²) in [6.45, 7) is 9.40. The zero-order valence-electron chi connectivity index (χ0n) is 19.0. The van der Waals surface area contributed by atoms with Gasteiger partial charge in [-0.25, -0.2) is 0 Å². The Morgan fingerprint density at radius 1 is 1.13 bits per heavy atom. The predicted molar refractivity (Wildman–Crippen MR) is 119 cm³/mol. The maximum absolute atomic E-state index is 13.1. The van der Waals surface area contributed by atoms with Crippen LogP contribution in [0.2, 0.25) is 0 Å². The molecule has 1 aromatic carbocycles. The number of anilines is 1. The maximum Gasteiger partial charge on any atom is 0.228 e. The molecule has 3 heterocycles. The number of hydrogen-bond acceptors (Lipinski definition) is 5. The molecular weight excluding hydrogens is 394 g/mol. The van der Waals surface area contributed by atoms with E-state index in [1.54, 1.807) is 12.0 Å². The zero-order valence-corrected chi connectivity index (χ0v) is 19.0. The minimum Gasteiger partial charge on any atom is -0.497 e. The second kappa shape index (κ2) is 9.57. The number of nitrogens with zero attached hydrogens (tertiary/aromatic N) is 3. The highest BCUT2D eigenvalue weighted by molar-refractivity contribution is 6.00. The molecule has 4 rings (SSSR count). The van der Waals surface area contributed by atoms with E-state index >= 15 is 0 Å². The van der Waals surface area contributed by atoms with Crippen LogP contribution in [0.1, 0.15) is 33.1 Å². The highest BCUT2D eigenvalue weighted by atomic mass is 16.5. The lowest BCUT2D eigenvalue weighted by Gasteiger charge is -2.39. The number of benzene rings is 1. The quantitative estimate of drug-likeness (QED) is 0.719. The molecule has 3 atom stereocenters. The molecule has 3 aliphatic rings. The second-order valence-electron chi connectivity index (χ2n) is 9.35. The van der Waals surface area contributed by atoms with E-state index < -0.39 is 0 Å². The molecule has 0 spiro atoms. The summed E-state index contributed by atoms with van der Waals surface area (Å²) in [7, 11) is 1.61. The lowest BCUT2D eigenvalue weighted by atomic mass is 9.94. The summed E-state index contributed by atoms with van der Waals surface area (Å²) in [6.07, 6.45) is 2.94. The number of carbonyl (C=O) groups excluding carboxylic acids is 2. The van der Waals surface area contributed by atoms with E-state index in [-0.39, 0.29) is 29.9 Å². The van der Waals surface area contributed by atoms with Crippen molar-refractivity contribution in [2.45, 2.75) is 45.3 Å². The molecule has 3 fully saturated rings. The number of likely N-dealkylation sites (tertiary alicyclic amines) is 1. The van der Waals surface area contributed by atoms with Crippen molar-refractivity contribution in [1.82, 2.24) is 9.80 Å². The molecule has 0 N–H and O–H groups in total. The van der Waals surface area contributed by atoms with Crippen LogP contribution in [0.3, 0.4) is 0 Å². The smallest absolute Gasteiger partial charge is 0.228 e. The minimum atomic E-state index is -0.254. The van der Waals surface area contributed by atoms with Gasteiger partial charge in [-0.15, -0.1) is 0 Å². The van der Waals surface area contributed by atoms with Crippen LogP contribution in [-0.2, 0) is 14.3 Å². The molecular formula is C24H35N3O4. The maximum atomic E-state index is 13.1. The number of amides is 2. The SMILES string of the molecule is COc1cccc(N2CC(C(=O)N3CCC(CN4CC(C)OC(C)C4)CC3)CC2=O)c1. The first-order valence-corrected chi connectivity index (χ1v) is 11.5. The van der Waals surface area contributed by atoms with Crippen LogP contribution >= 0.6 is 0 Å². The fourth-order valence-electron chi connectivity index (χ4n) is 5.29.